The fraction of sp³-hybridized carbons (Fsp3) is 0.412. The maximum absolute atomic E-state index is 12.5. The number of nitrogens with one attached hydrogen (secondary N) is 1. The van der Waals surface area contributed by atoms with Gasteiger partial charge in [0.2, 0.25) is 10.0 Å². The molecule has 1 N–H and O–H groups in total. The summed E-state index contributed by atoms with van der Waals surface area (Å²) in [5, 5.41) is 0.170. The van der Waals surface area contributed by atoms with E-state index in [1.165, 1.54) is 29.8 Å². The molecule has 3 rings (SSSR count). The van der Waals surface area contributed by atoms with Crippen LogP contribution in [0.2, 0.25) is 0 Å². The molecule has 0 atom stereocenters. The summed E-state index contributed by atoms with van der Waals surface area (Å²) in [6.07, 6.45) is 1.58. The van der Waals surface area contributed by atoms with E-state index >= 15 is 0 Å². The number of hydrogen-bond donors (Lipinski definition) is 1. The average molecular weight is 361 g/mol. The van der Waals surface area contributed by atoms with Gasteiger partial charge in [-0.2, -0.15) is 0 Å². The van der Waals surface area contributed by atoms with Crippen LogP contribution in [0, 0.1) is 11.8 Å². The van der Waals surface area contributed by atoms with E-state index in [2.05, 4.69) is 16.6 Å². The van der Waals surface area contributed by atoms with Gasteiger partial charge in [-0.1, -0.05) is 5.92 Å². The molecule has 1 aromatic carbocycles. The van der Waals surface area contributed by atoms with Crippen LogP contribution in [0.25, 0.3) is 10.9 Å². The van der Waals surface area contributed by atoms with E-state index in [0.717, 1.165) is 17.4 Å². The number of fused-ring (bicyclic) bond motifs is 1. The zero-order chi connectivity index (χ0) is 18.4. The summed E-state index contributed by atoms with van der Waals surface area (Å²) in [5.41, 5.74) is -1.06. The summed E-state index contributed by atoms with van der Waals surface area (Å²) >= 11 is 0. The lowest BCUT2D eigenvalue weighted by molar-refractivity contribution is 0.558. The molecule has 0 spiro atoms. The first-order chi connectivity index (χ1) is 11.7. The van der Waals surface area contributed by atoms with E-state index < -0.39 is 26.8 Å². The topological polar surface area (TPSA) is 90.2 Å². The van der Waals surface area contributed by atoms with Crippen LogP contribution in [-0.4, -0.2) is 23.1 Å². The average Bonchev–Trinajstić information content (AvgIpc) is 3.28. The van der Waals surface area contributed by atoms with Crippen LogP contribution < -0.4 is 16.0 Å². The molecule has 1 aliphatic rings. The number of aromatic nitrogens is 2. The summed E-state index contributed by atoms with van der Waals surface area (Å²) in [6, 6.07) is 4.21. The molecule has 0 bridgehead atoms. The fourth-order valence-electron chi connectivity index (χ4n) is 2.62. The van der Waals surface area contributed by atoms with E-state index in [-0.39, 0.29) is 16.8 Å². The minimum Gasteiger partial charge on any atom is -0.282 e. The lowest BCUT2D eigenvalue weighted by Gasteiger charge is -2.14. The second-order valence-corrected chi connectivity index (χ2v) is 8.19. The summed E-state index contributed by atoms with van der Waals surface area (Å²) in [7, 11) is -2.36. The molecule has 1 aromatic heterocycles. The first kappa shape index (κ1) is 17.5. The van der Waals surface area contributed by atoms with Gasteiger partial charge in [-0.05, 0) is 44.9 Å². The molecule has 25 heavy (non-hydrogen) atoms. The Morgan fingerprint density at radius 2 is 1.96 bits per heavy atom. The van der Waals surface area contributed by atoms with Gasteiger partial charge in [-0.15, -0.1) is 5.92 Å². The highest BCUT2D eigenvalue weighted by Gasteiger charge is 2.41. The van der Waals surface area contributed by atoms with Crippen molar-refractivity contribution in [2.45, 2.75) is 43.7 Å². The van der Waals surface area contributed by atoms with Crippen LogP contribution in [-0.2, 0) is 23.6 Å². The summed E-state index contributed by atoms with van der Waals surface area (Å²) in [6.45, 7) is 3.62. The third-order valence-electron chi connectivity index (χ3n) is 4.42. The quantitative estimate of drug-likeness (QED) is 0.806. The second kappa shape index (κ2) is 5.86. The van der Waals surface area contributed by atoms with Gasteiger partial charge in [0.05, 0.1) is 22.3 Å². The van der Waals surface area contributed by atoms with Crippen molar-refractivity contribution < 1.29 is 8.42 Å². The third-order valence-corrected chi connectivity index (χ3v) is 6.05. The van der Waals surface area contributed by atoms with Crippen molar-refractivity contribution in [3.8, 4) is 11.8 Å². The van der Waals surface area contributed by atoms with Crippen molar-refractivity contribution in [3.63, 3.8) is 0 Å². The van der Waals surface area contributed by atoms with Gasteiger partial charge in [0.15, 0.2) is 0 Å². The zero-order valence-electron chi connectivity index (χ0n) is 14.3. The Labute approximate surface area is 145 Å². The van der Waals surface area contributed by atoms with Gasteiger partial charge in [0.25, 0.3) is 5.56 Å². The Morgan fingerprint density at radius 3 is 2.56 bits per heavy atom. The predicted octanol–water partition coefficient (Wildman–Crippen LogP) is 0.554. The number of rotatable bonds is 4. The minimum atomic E-state index is -3.73. The van der Waals surface area contributed by atoms with Crippen molar-refractivity contribution in [2.75, 3.05) is 0 Å². The number of sulfonamides is 1. The fourth-order valence-corrected chi connectivity index (χ4v) is 4.12. The highest BCUT2D eigenvalue weighted by molar-refractivity contribution is 7.89. The summed E-state index contributed by atoms with van der Waals surface area (Å²) < 4.78 is 30.1. The van der Waals surface area contributed by atoms with Crippen molar-refractivity contribution in [3.05, 3.63) is 39.0 Å². The largest absolute Gasteiger partial charge is 0.332 e. The first-order valence-corrected chi connectivity index (χ1v) is 9.34. The Morgan fingerprint density at radius 1 is 1.28 bits per heavy atom. The molecule has 132 valence electrons. The summed E-state index contributed by atoms with van der Waals surface area (Å²) in [4.78, 5) is 24.8. The molecule has 7 nitrogen and oxygen atoms in total. The maximum atomic E-state index is 12.5. The molecule has 0 radical (unpaired) electrons. The van der Waals surface area contributed by atoms with Gasteiger partial charge in [-0.3, -0.25) is 13.9 Å². The van der Waals surface area contributed by atoms with Gasteiger partial charge >= 0.3 is 5.69 Å². The van der Waals surface area contributed by atoms with Crippen molar-refractivity contribution >= 4 is 20.9 Å². The van der Waals surface area contributed by atoms with Gasteiger partial charge in [0.1, 0.15) is 0 Å². The molecule has 0 saturated heterocycles. The molecule has 1 fully saturated rings. The summed E-state index contributed by atoms with van der Waals surface area (Å²) in [5.74, 6) is 5.50. The number of benzene rings is 1. The van der Waals surface area contributed by atoms with Crippen molar-refractivity contribution in [2.24, 2.45) is 7.05 Å². The normalized spacial score (nSPS) is 15.6. The van der Waals surface area contributed by atoms with E-state index in [1.54, 1.807) is 6.92 Å². The number of hydrogen-bond acceptors (Lipinski definition) is 4. The van der Waals surface area contributed by atoms with Gasteiger partial charge in [-0.25, -0.2) is 17.9 Å². The standard InChI is InChI=1S/C17H19N3O4S/c1-4-5-10-20-14-7-6-12(25(23,24)18-17(2)8-9-17)11-13(14)15(21)19(3)16(20)22/h6-7,11,18H,8-10H2,1-3H3. The lowest BCUT2D eigenvalue weighted by Crippen LogP contribution is -2.38. The minimum absolute atomic E-state index is 0.0111. The van der Waals surface area contributed by atoms with Crippen molar-refractivity contribution in [1.29, 1.82) is 0 Å². The highest BCUT2D eigenvalue weighted by Crippen LogP contribution is 2.36. The van der Waals surface area contributed by atoms with Crippen molar-refractivity contribution in [1.82, 2.24) is 13.9 Å². The molecular weight excluding hydrogens is 342 g/mol. The first-order valence-electron chi connectivity index (χ1n) is 7.86. The van der Waals surface area contributed by atoms with E-state index in [9.17, 15) is 18.0 Å². The van der Waals surface area contributed by atoms with E-state index in [4.69, 9.17) is 0 Å². The van der Waals surface area contributed by atoms with Gasteiger partial charge in [0, 0.05) is 12.6 Å². The zero-order valence-corrected chi connectivity index (χ0v) is 15.1. The molecule has 0 amide bonds. The Balaban J connectivity index is 2.22. The van der Waals surface area contributed by atoms with Crippen LogP contribution in [0.5, 0.6) is 0 Å². The van der Waals surface area contributed by atoms with Crippen LogP contribution >= 0.6 is 0 Å². The van der Waals surface area contributed by atoms with E-state index in [1.807, 2.05) is 6.92 Å². The molecule has 0 unspecified atom stereocenters. The van der Waals surface area contributed by atoms with Crippen LogP contribution in [0.1, 0.15) is 26.7 Å². The molecule has 0 aliphatic heterocycles. The molecular formula is C17H19N3O4S. The molecule has 1 aliphatic carbocycles. The maximum Gasteiger partial charge on any atom is 0.332 e. The third kappa shape index (κ3) is 3.13. The Bertz CT molecular complexity index is 1140. The monoisotopic (exact) mass is 361 g/mol. The van der Waals surface area contributed by atoms with Crippen LogP contribution in [0.3, 0.4) is 0 Å². The van der Waals surface area contributed by atoms with Crippen LogP contribution in [0.4, 0.5) is 0 Å². The molecule has 1 heterocycles. The molecule has 1 saturated carbocycles. The predicted molar refractivity (Wildman–Crippen MR) is 94.9 cm³/mol. The molecule has 2 aromatic rings. The second-order valence-electron chi connectivity index (χ2n) is 6.50. The Kier molecular flexibility index (Phi) is 4.09. The lowest BCUT2D eigenvalue weighted by atomic mass is 10.2. The van der Waals surface area contributed by atoms with Gasteiger partial charge < -0.3 is 0 Å². The SMILES string of the molecule is CC#CCn1c(=O)n(C)c(=O)c2cc(S(=O)(=O)NC3(C)CC3)ccc21. The highest BCUT2D eigenvalue weighted by atomic mass is 32.2. The van der Waals surface area contributed by atoms with E-state index in [0.29, 0.717) is 5.52 Å². The van der Waals surface area contributed by atoms with Crippen LogP contribution in [0.15, 0.2) is 32.7 Å². The Hall–Kier alpha value is -2.37. The number of nitrogens with zero attached hydrogens (tertiary/aromatic N) is 2. The smallest absolute Gasteiger partial charge is 0.282 e. The molecule has 8 heteroatoms.